The molecule has 1 aliphatic heterocycles. The number of ether oxygens (including phenoxy) is 2. The van der Waals surface area contributed by atoms with Crippen molar-refractivity contribution in [2.45, 2.75) is 12.7 Å². The summed E-state index contributed by atoms with van der Waals surface area (Å²) in [4.78, 5) is 0. The molecule has 0 amide bonds. The van der Waals surface area contributed by atoms with Crippen LogP contribution in [0.2, 0.25) is 0 Å². The van der Waals surface area contributed by atoms with Gasteiger partial charge in [-0.15, -0.1) is 20.4 Å². The van der Waals surface area contributed by atoms with E-state index in [9.17, 15) is 8.78 Å². The number of rotatable bonds is 1. The Morgan fingerprint density at radius 2 is 2.00 bits per heavy atom. The van der Waals surface area contributed by atoms with Gasteiger partial charge in [0.15, 0.2) is 11.5 Å². The number of hydrogen-bond acceptors (Lipinski definition) is 2. The second-order valence-corrected chi connectivity index (χ2v) is 3.45. The minimum Gasteiger partial charge on any atom is -0.395 e. The molecule has 0 unspecified atom stereocenters. The summed E-state index contributed by atoms with van der Waals surface area (Å²) in [5.41, 5.74) is 0.588. The molecular weight excluding hydrogens is 238 g/mol. The molecule has 0 radical (unpaired) electrons. The van der Waals surface area contributed by atoms with Crippen molar-refractivity contribution in [3.63, 3.8) is 0 Å². The highest BCUT2D eigenvalue weighted by atomic mass is 35.5. The van der Waals surface area contributed by atoms with Crippen molar-refractivity contribution in [1.29, 1.82) is 0 Å². The summed E-state index contributed by atoms with van der Waals surface area (Å²) < 4.78 is 33.9. The summed E-state index contributed by atoms with van der Waals surface area (Å²) in [6, 6.07) is 4.41. The molecule has 0 fully saturated rings. The number of fused-ring (bicyclic) bond motifs is 1. The van der Waals surface area contributed by atoms with Gasteiger partial charge in [-0.2, -0.15) is 0 Å². The van der Waals surface area contributed by atoms with Gasteiger partial charge in [0.25, 0.3) is 0 Å². The lowest BCUT2D eigenvalue weighted by molar-refractivity contribution is -0.286. The molecule has 1 aromatic carbocycles. The van der Waals surface area contributed by atoms with Gasteiger partial charge < -0.3 is 9.47 Å². The molecule has 84 valence electrons. The SMILES string of the molecule is FC1(F)Oc2ccc(C#CCCCl)cc2O1. The molecule has 0 saturated heterocycles. The van der Waals surface area contributed by atoms with Crippen molar-refractivity contribution in [2.24, 2.45) is 0 Å². The van der Waals surface area contributed by atoms with Gasteiger partial charge >= 0.3 is 6.29 Å². The zero-order chi connectivity index (χ0) is 11.6. The summed E-state index contributed by atoms with van der Waals surface area (Å²) >= 11 is 5.45. The predicted octanol–water partition coefficient (Wildman–Crippen LogP) is 2.99. The molecule has 1 heterocycles. The Bertz CT molecular complexity index is 463. The number of hydrogen-bond donors (Lipinski definition) is 0. The topological polar surface area (TPSA) is 18.5 Å². The van der Waals surface area contributed by atoms with Crippen LogP contribution in [-0.4, -0.2) is 12.2 Å². The first kappa shape index (κ1) is 11.0. The van der Waals surface area contributed by atoms with E-state index in [1.807, 2.05) is 0 Å². The third kappa shape index (κ3) is 2.37. The van der Waals surface area contributed by atoms with Crippen LogP contribution in [-0.2, 0) is 0 Å². The summed E-state index contributed by atoms with van der Waals surface area (Å²) in [6.07, 6.45) is -3.03. The number of alkyl halides is 3. The monoisotopic (exact) mass is 244 g/mol. The zero-order valence-corrected chi connectivity index (χ0v) is 8.85. The molecule has 0 saturated carbocycles. The fourth-order valence-corrected chi connectivity index (χ4v) is 1.33. The fourth-order valence-electron chi connectivity index (χ4n) is 1.24. The van der Waals surface area contributed by atoms with Crippen molar-refractivity contribution in [2.75, 3.05) is 5.88 Å². The summed E-state index contributed by atoms with van der Waals surface area (Å²) in [6.45, 7) is 0. The Hall–Kier alpha value is -1.47. The van der Waals surface area contributed by atoms with Crippen LogP contribution in [0.4, 0.5) is 8.78 Å². The molecule has 0 N–H and O–H groups in total. The molecule has 0 spiro atoms. The van der Waals surface area contributed by atoms with Gasteiger partial charge in [0.1, 0.15) is 0 Å². The summed E-state index contributed by atoms with van der Waals surface area (Å²) in [5, 5.41) is 0. The highest BCUT2D eigenvalue weighted by Crippen LogP contribution is 2.40. The third-order valence-electron chi connectivity index (χ3n) is 1.85. The first-order valence-electron chi connectivity index (χ1n) is 4.55. The van der Waals surface area contributed by atoms with Gasteiger partial charge in [0.2, 0.25) is 0 Å². The van der Waals surface area contributed by atoms with Crippen molar-refractivity contribution < 1.29 is 18.3 Å². The quantitative estimate of drug-likeness (QED) is 0.559. The Labute approximate surface area is 96.1 Å². The second-order valence-electron chi connectivity index (χ2n) is 3.07. The molecule has 1 aliphatic rings. The molecule has 0 aliphatic carbocycles. The highest BCUT2D eigenvalue weighted by Gasteiger charge is 2.43. The van der Waals surface area contributed by atoms with Crippen LogP contribution < -0.4 is 9.47 Å². The lowest BCUT2D eigenvalue weighted by Crippen LogP contribution is -2.25. The van der Waals surface area contributed by atoms with E-state index < -0.39 is 6.29 Å². The van der Waals surface area contributed by atoms with Crippen LogP contribution in [0.5, 0.6) is 11.5 Å². The van der Waals surface area contributed by atoms with Crippen molar-refractivity contribution >= 4 is 11.6 Å². The van der Waals surface area contributed by atoms with Crippen LogP contribution in [0, 0.1) is 11.8 Å². The fraction of sp³-hybridized carbons (Fsp3) is 0.273. The van der Waals surface area contributed by atoms with Crippen LogP contribution in [0.1, 0.15) is 12.0 Å². The minimum atomic E-state index is -3.58. The van der Waals surface area contributed by atoms with E-state index >= 15 is 0 Å². The van der Waals surface area contributed by atoms with Gasteiger partial charge in [-0.1, -0.05) is 11.8 Å². The zero-order valence-electron chi connectivity index (χ0n) is 8.10. The maximum Gasteiger partial charge on any atom is 0.586 e. The van der Waals surface area contributed by atoms with Gasteiger partial charge in [-0.3, -0.25) is 0 Å². The molecule has 5 heteroatoms. The Balaban J connectivity index is 2.20. The molecular formula is C11H7ClF2O2. The summed E-state index contributed by atoms with van der Waals surface area (Å²) in [7, 11) is 0. The highest BCUT2D eigenvalue weighted by molar-refractivity contribution is 6.18. The smallest absolute Gasteiger partial charge is 0.395 e. The standard InChI is InChI=1S/C11H7ClF2O2/c12-6-2-1-3-8-4-5-9-10(7-8)16-11(13,14)15-9/h4-5,7H,2,6H2. The van der Waals surface area contributed by atoms with Gasteiger partial charge in [0, 0.05) is 23.9 Å². The van der Waals surface area contributed by atoms with E-state index in [0.29, 0.717) is 17.9 Å². The van der Waals surface area contributed by atoms with Gasteiger partial charge in [0.05, 0.1) is 0 Å². The van der Waals surface area contributed by atoms with Gasteiger partial charge in [-0.25, -0.2) is 0 Å². The maximum absolute atomic E-state index is 12.7. The molecule has 1 aromatic rings. The van der Waals surface area contributed by atoms with Crippen molar-refractivity contribution in [3.8, 4) is 23.3 Å². The van der Waals surface area contributed by atoms with Crippen LogP contribution in [0.3, 0.4) is 0 Å². The van der Waals surface area contributed by atoms with E-state index in [4.69, 9.17) is 11.6 Å². The molecule has 16 heavy (non-hydrogen) atoms. The van der Waals surface area contributed by atoms with E-state index in [2.05, 4.69) is 21.3 Å². The van der Waals surface area contributed by atoms with E-state index in [0.717, 1.165) is 0 Å². The van der Waals surface area contributed by atoms with E-state index in [1.165, 1.54) is 12.1 Å². The largest absolute Gasteiger partial charge is 0.586 e. The Morgan fingerprint density at radius 3 is 2.75 bits per heavy atom. The molecule has 2 rings (SSSR count). The number of benzene rings is 1. The van der Waals surface area contributed by atoms with Crippen molar-refractivity contribution in [3.05, 3.63) is 23.8 Å². The average molecular weight is 245 g/mol. The minimum absolute atomic E-state index is 0.00248. The third-order valence-corrected chi connectivity index (χ3v) is 2.04. The number of halogens is 3. The van der Waals surface area contributed by atoms with E-state index in [1.54, 1.807) is 6.07 Å². The first-order valence-corrected chi connectivity index (χ1v) is 5.09. The normalized spacial score (nSPS) is 15.4. The molecule has 0 atom stereocenters. The average Bonchev–Trinajstić information content (AvgIpc) is 2.51. The summed E-state index contributed by atoms with van der Waals surface area (Å²) in [5.74, 6) is 6.05. The molecule has 2 nitrogen and oxygen atoms in total. The Morgan fingerprint density at radius 1 is 1.25 bits per heavy atom. The Kier molecular flexibility index (Phi) is 2.88. The lowest BCUT2D eigenvalue weighted by Gasteiger charge is -2.04. The first-order chi connectivity index (χ1) is 7.61. The van der Waals surface area contributed by atoms with Crippen LogP contribution >= 0.6 is 11.6 Å². The van der Waals surface area contributed by atoms with Crippen LogP contribution in [0.25, 0.3) is 0 Å². The lowest BCUT2D eigenvalue weighted by atomic mass is 10.2. The van der Waals surface area contributed by atoms with Gasteiger partial charge in [-0.05, 0) is 12.1 Å². The molecule has 0 aromatic heterocycles. The van der Waals surface area contributed by atoms with Crippen LogP contribution in [0.15, 0.2) is 18.2 Å². The second kappa shape index (κ2) is 4.18. The van der Waals surface area contributed by atoms with E-state index in [-0.39, 0.29) is 11.5 Å². The molecule has 0 bridgehead atoms. The predicted molar refractivity (Wildman–Crippen MR) is 54.9 cm³/mol. The maximum atomic E-state index is 12.7. The van der Waals surface area contributed by atoms with Crippen molar-refractivity contribution in [1.82, 2.24) is 0 Å².